The number of hydrogen-bond donors (Lipinski definition) is 2. The van der Waals surface area contributed by atoms with Crippen molar-refractivity contribution in [3.05, 3.63) is 14.7 Å². The van der Waals surface area contributed by atoms with Gasteiger partial charge in [0.1, 0.15) is 9.23 Å². The van der Waals surface area contributed by atoms with E-state index in [9.17, 15) is 8.42 Å². The van der Waals surface area contributed by atoms with Crippen molar-refractivity contribution in [1.82, 2.24) is 10.0 Å². The van der Waals surface area contributed by atoms with E-state index in [1.165, 1.54) is 6.07 Å². The van der Waals surface area contributed by atoms with Crippen LogP contribution in [0, 0.1) is 5.92 Å². The summed E-state index contributed by atoms with van der Waals surface area (Å²) in [7, 11) is -3.55. The molecule has 1 saturated heterocycles. The second-order valence-corrected chi connectivity index (χ2v) is 8.61. The van der Waals surface area contributed by atoms with Gasteiger partial charge in [0.15, 0.2) is 0 Å². The summed E-state index contributed by atoms with van der Waals surface area (Å²) in [6.07, 6.45) is 3.14. The van der Waals surface area contributed by atoms with Crippen molar-refractivity contribution in [2.75, 3.05) is 19.6 Å². The monoisotopic (exact) mass is 378 g/mol. The summed E-state index contributed by atoms with van der Waals surface area (Å²) in [5, 5.41) is 3.31. The van der Waals surface area contributed by atoms with Gasteiger partial charge in [-0.15, -0.1) is 23.7 Å². The predicted octanol–water partition coefficient (Wildman–Crippen LogP) is 3.14. The molecule has 1 fully saturated rings. The number of nitrogens with one attached hydrogen (secondary N) is 2. The van der Waals surface area contributed by atoms with E-state index >= 15 is 0 Å². The van der Waals surface area contributed by atoms with Crippen molar-refractivity contribution in [1.29, 1.82) is 0 Å². The van der Waals surface area contributed by atoms with Crippen molar-refractivity contribution < 1.29 is 8.42 Å². The second-order valence-electron chi connectivity index (χ2n) is 4.59. The van der Waals surface area contributed by atoms with Crippen LogP contribution in [-0.4, -0.2) is 28.1 Å². The Morgan fingerprint density at radius 3 is 2.75 bits per heavy atom. The highest BCUT2D eigenvalue weighted by molar-refractivity contribution is 7.89. The molecule has 2 N–H and O–H groups in total. The number of sulfonamides is 1. The zero-order valence-corrected chi connectivity index (χ0v) is 14.7. The summed E-state index contributed by atoms with van der Waals surface area (Å²) in [6.45, 7) is 2.45. The Balaban J connectivity index is 0.00000200. The molecule has 20 heavy (non-hydrogen) atoms. The Hall–Kier alpha value is 0.440. The number of hydrogen-bond acceptors (Lipinski definition) is 4. The third-order valence-electron chi connectivity index (χ3n) is 3.16. The molecule has 1 aromatic rings. The maximum Gasteiger partial charge on any atom is 0.242 e. The molecule has 0 radical (unpaired) electrons. The standard InChI is InChI=1S/C11H16Cl2N2O2S2.ClH/c12-10-6-9(11(13)18-10)19(16,17)15-5-3-8-2-1-4-14-7-8;/h6,8,14-15H,1-5,7H2;1H. The van der Waals surface area contributed by atoms with Crippen LogP contribution in [0.25, 0.3) is 0 Å². The van der Waals surface area contributed by atoms with E-state index < -0.39 is 10.0 Å². The van der Waals surface area contributed by atoms with Crippen LogP contribution in [0.3, 0.4) is 0 Å². The molecule has 0 aliphatic carbocycles. The molecule has 2 rings (SSSR count). The molecular formula is C11H17Cl3N2O2S2. The Labute approximate surface area is 139 Å². The number of rotatable bonds is 5. The average molecular weight is 380 g/mol. The van der Waals surface area contributed by atoms with Gasteiger partial charge in [0.05, 0.1) is 4.34 Å². The van der Waals surface area contributed by atoms with Crippen LogP contribution < -0.4 is 10.0 Å². The lowest BCUT2D eigenvalue weighted by Gasteiger charge is -2.22. The van der Waals surface area contributed by atoms with E-state index in [0.717, 1.165) is 43.7 Å². The molecule has 0 bridgehead atoms. The van der Waals surface area contributed by atoms with Crippen LogP contribution in [0.4, 0.5) is 0 Å². The first kappa shape index (κ1) is 18.5. The van der Waals surface area contributed by atoms with Gasteiger partial charge in [-0.05, 0) is 44.3 Å². The van der Waals surface area contributed by atoms with Gasteiger partial charge >= 0.3 is 0 Å². The normalized spacial score (nSPS) is 19.6. The summed E-state index contributed by atoms with van der Waals surface area (Å²) in [5.74, 6) is 0.540. The zero-order chi connectivity index (χ0) is 13.9. The largest absolute Gasteiger partial charge is 0.316 e. The van der Waals surface area contributed by atoms with Crippen molar-refractivity contribution in [2.45, 2.75) is 24.2 Å². The molecule has 1 unspecified atom stereocenters. The molecule has 2 heterocycles. The quantitative estimate of drug-likeness (QED) is 0.826. The van der Waals surface area contributed by atoms with Gasteiger partial charge in [0, 0.05) is 6.54 Å². The molecule has 0 amide bonds. The van der Waals surface area contributed by atoms with Crippen molar-refractivity contribution >= 4 is 57.0 Å². The summed E-state index contributed by atoms with van der Waals surface area (Å²) in [4.78, 5) is 0.0749. The van der Waals surface area contributed by atoms with Gasteiger partial charge in [0.25, 0.3) is 0 Å². The Morgan fingerprint density at radius 2 is 2.20 bits per heavy atom. The molecule has 1 aliphatic rings. The minimum atomic E-state index is -3.55. The lowest BCUT2D eigenvalue weighted by Crippen LogP contribution is -2.33. The van der Waals surface area contributed by atoms with E-state index in [4.69, 9.17) is 23.2 Å². The van der Waals surface area contributed by atoms with Crippen molar-refractivity contribution in [3.63, 3.8) is 0 Å². The molecule has 1 aliphatic heterocycles. The van der Waals surface area contributed by atoms with Gasteiger partial charge in [-0.25, -0.2) is 13.1 Å². The molecule has 0 spiro atoms. The minimum Gasteiger partial charge on any atom is -0.316 e. The predicted molar refractivity (Wildman–Crippen MR) is 87.0 cm³/mol. The Kier molecular flexibility index (Phi) is 7.56. The highest BCUT2D eigenvalue weighted by Gasteiger charge is 2.21. The fraction of sp³-hybridized carbons (Fsp3) is 0.636. The summed E-state index contributed by atoms with van der Waals surface area (Å²) >= 11 is 12.7. The highest BCUT2D eigenvalue weighted by Crippen LogP contribution is 2.34. The molecular weight excluding hydrogens is 363 g/mol. The Morgan fingerprint density at radius 1 is 1.45 bits per heavy atom. The molecule has 116 valence electrons. The maximum absolute atomic E-state index is 12.0. The fourth-order valence-corrected chi connectivity index (χ4v) is 5.35. The van der Waals surface area contributed by atoms with Crippen LogP contribution in [0.2, 0.25) is 8.67 Å². The molecule has 0 saturated carbocycles. The second kappa shape index (κ2) is 8.17. The Bertz CT molecular complexity index is 528. The summed E-state index contributed by atoms with van der Waals surface area (Å²) in [5.41, 5.74) is 0. The lowest BCUT2D eigenvalue weighted by molar-refractivity contribution is 0.358. The fourth-order valence-electron chi connectivity index (χ4n) is 2.15. The van der Waals surface area contributed by atoms with Crippen LogP contribution in [0.5, 0.6) is 0 Å². The van der Waals surface area contributed by atoms with E-state index in [1.54, 1.807) is 0 Å². The lowest BCUT2D eigenvalue weighted by atomic mass is 9.96. The number of thiophene rings is 1. The topological polar surface area (TPSA) is 58.2 Å². The van der Waals surface area contributed by atoms with Crippen LogP contribution in [0.15, 0.2) is 11.0 Å². The van der Waals surface area contributed by atoms with E-state index in [1.807, 2.05) is 0 Å². The van der Waals surface area contributed by atoms with Crippen LogP contribution >= 0.6 is 46.9 Å². The average Bonchev–Trinajstić information content (AvgIpc) is 2.70. The van der Waals surface area contributed by atoms with Gasteiger partial charge in [-0.1, -0.05) is 23.2 Å². The third kappa shape index (κ3) is 5.02. The SMILES string of the molecule is Cl.O=S(=O)(NCCC1CCCNC1)c1cc(Cl)sc1Cl. The third-order valence-corrected chi connectivity index (χ3v) is 6.37. The van der Waals surface area contributed by atoms with Crippen molar-refractivity contribution in [2.24, 2.45) is 5.92 Å². The number of piperidine rings is 1. The zero-order valence-electron chi connectivity index (χ0n) is 10.7. The molecule has 4 nitrogen and oxygen atoms in total. The first-order valence-electron chi connectivity index (χ1n) is 6.14. The van der Waals surface area contributed by atoms with Crippen LogP contribution in [0.1, 0.15) is 19.3 Å². The van der Waals surface area contributed by atoms with Crippen molar-refractivity contribution in [3.8, 4) is 0 Å². The maximum atomic E-state index is 12.0. The molecule has 9 heteroatoms. The van der Waals surface area contributed by atoms with Gasteiger partial charge < -0.3 is 5.32 Å². The minimum absolute atomic E-state index is 0. The molecule has 1 atom stereocenters. The van der Waals surface area contributed by atoms with Gasteiger partial charge in [0.2, 0.25) is 10.0 Å². The molecule has 0 aromatic carbocycles. The van der Waals surface area contributed by atoms with Gasteiger partial charge in [-0.3, -0.25) is 0 Å². The van der Waals surface area contributed by atoms with Gasteiger partial charge in [-0.2, -0.15) is 0 Å². The molecule has 1 aromatic heterocycles. The number of halogens is 3. The van der Waals surface area contributed by atoms with Crippen LogP contribution in [-0.2, 0) is 10.0 Å². The smallest absolute Gasteiger partial charge is 0.242 e. The van der Waals surface area contributed by atoms with E-state index in [2.05, 4.69) is 10.0 Å². The highest BCUT2D eigenvalue weighted by atomic mass is 35.5. The van der Waals surface area contributed by atoms with E-state index in [-0.39, 0.29) is 21.6 Å². The first-order valence-corrected chi connectivity index (χ1v) is 9.20. The summed E-state index contributed by atoms with van der Waals surface area (Å²) < 4.78 is 27.3. The summed E-state index contributed by atoms with van der Waals surface area (Å²) in [6, 6.07) is 1.39. The van der Waals surface area contributed by atoms with E-state index in [0.29, 0.717) is 16.8 Å². The first-order chi connectivity index (χ1) is 8.99.